The molecule has 0 fully saturated rings. The number of nitrogens with one attached hydrogen (secondary N) is 2. The average molecular weight is 436 g/mol. The van der Waals surface area contributed by atoms with E-state index in [1.54, 1.807) is 0 Å². The maximum absolute atomic E-state index is 3.69. The molecule has 0 aliphatic rings. The number of rotatable bonds is 5. The van der Waals surface area contributed by atoms with E-state index in [0.717, 1.165) is 12.8 Å². The lowest BCUT2D eigenvalue weighted by Gasteiger charge is -2.22. The van der Waals surface area contributed by atoms with Crippen molar-refractivity contribution in [3.63, 3.8) is 0 Å². The van der Waals surface area contributed by atoms with Gasteiger partial charge in [0.25, 0.3) is 0 Å². The van der Waals surface area contributed by atoms with Crippen molar-refractivity contribution in [2.45, 2.75) is 40.5 Å². The quantitative estimate of drug-likeness (QED) is 0.290. The third-order valence-electron chi connectivity index (χ3n) is 7.00. The van der Waals surface area contributed by atoms with Crippen LogP contribution in [-0.4, -0.2) is 24.1 Å². The van der Waals surface area contributed by atoms with Crippen LogP contribution in [-0.2, 0) is 12.8 Å². The van der Waals surface area contributed by atoms with Crippen LogP contribution < -0.4 is 4.90 Å². The number of aromatic nitrogens is 2. The van der Waals surface area contributed by atoms with E-state index >= 15 is 0 Å². The Bertz CT molecular complexity index is 1480. The smallest absolute Gasteiger partial charge is 0.0465 e. The molecule has 0 bridgehead atoms. The van der Waals surface area contributed by atoms with Crippen LogP contribution in [0.3, 0.4) is 0 Å². The third-order valence-corrected chi connectivity index (χ3v) is 7.00. The first-order valence-corrected chi connectivity index (χ1v) is 12.0. The van der Waals surface area contributed by atoms with Crippen molar-refractivity contribution < 1.29 is 0 Å². The molecule has 3 aromatic carbocycles. The number of hydrogen-bond acceptors (Lipinski definition) is 1. The number of H-pyrrole nitrogens is 2. The zero-order valence-corrected chi connectivity index (χ0v) is 20.6. The van der Waals surface area contributed by atoms with E-state index in [1.165, 1.54) is 72.3 Å². The van der Waals surface area contributed by atoms with Gasteiger partial charge in [-0.1, -0.05) is 50.2 Å². The van der Waals surface area contributed by atoms with E-state index in [1.807, 2.05) is 0 Å². The highest BCUT2D eigenvalue weighted by Crippen LogP contribution is 2.47. The Morgan fingerprint density at radius 3 is 1.70 bits per heavy atom. The normalized spacial score (nSPS) is 11.6. The molecular formula is C30H33N3. The fourth-order valence-electron chi connectivity index (χ4n) is 5.53. The molecule has 0 spiro atoms. The Morgan fingerprint density at radius 2 is 1.15 bits per heavy atom. The number of fused-ring (bicyclic) bond motifs is 2. The van der Waals surface area contributed by atoms with E-state index < -0.39 is 0 Å². The molecule has 0 atom stereocenters. The number of benzene rings is 3. The fraction of sp³-hybridized carbons (Fsp3) is 0.267. The number of anilines is 1. The topological polar surface area (TPSA) is 34.8 Å². The molecule has 0 aliphatic carbocycles. The van der Waals surface area contributed by atoms with Crippen molar-refractivity contribution in [1.82, 2.24) is 9.97 Å². The molecule has 5 rings (SSSR count). The second-order valence-electron chi connectivity index (χ2n) is 9.23. The molecular weight excluding hydrogens is 402 g/mol. The van der Waals surface area contributed by atoms with Crippen LogP contribution in [0.5, 0.6) is 0 Å². The predicted molar refractivity (Wildman–Crippen MR) is 144 cm³/mol. The fourth-order valence-corrected chi connectivity index (χ4v) is 5.53. The largest absolute Gasteiger partial charge is 0.377 e. The first-order chi connectivity index (χ1) is 16.0. The summed E-state index contributed by atoms with van der Waals surface area (Å²) in [4.78, 5) is 9.61. The summed E-state index contributed by atoms with van der Waals surface area (Å²) in [5, 5.41) is 2.70. The van der Waals surface area contributed by atoms with Crippen molar-refractivity contribution in [1.29, 1.82) is 0 Å². The monoisotopic (exact) mass is 435 g/mol. The highest BCUT2D eigenvalue weighted by atomic mass is 15.1. The van der Waals surface area contributed by atoms with Gasteiger partial charge in [0.05, 0.1) is 0 Å². The third kappa shape index (κ3) is 3.26. The van der Waals surface area contributed by atoms with E-state index in [4.69, 9.17) is 0 Å². The standard InChI is InChI=1S/C30H33N3/c1-7-20-12-9-15-23-28(20)26(18(3)31-23)22-14-11-17-25(33(5)6)30(22)27-19(4)32-24-16-10-13-21(8-2)29(24)27/h9-17,31-32H,7-8H2,1-6H3. The van der Waals surface area contributed by atoms with Crippen molar-refractivity contribution in [3.8, 4) is 22.3 Å². The molecule has 168 valence electrons. The summed E-state index contributed by atoms with van der Waals surface area (Å²) in [7, 11) is 4.29. The molecule has 0 saturated heterocycles. The molecule has 0 amide bonds. The number of aryl methyl sites for hydroxylation is 4. The SMILES string of the molecule is CCc1cccc2[nH]c(C)c(-c3cccc(N(C)C)c3-c3c(C)[nH]c4cccc(CC)c34)c12. The molecule has 2 aromatic heterocycles. The van der Waals surface area contributed by atoms with E-state index in [-0.39, 0.29) is 0 Å². The zero-order chi connectivity index (χ0) is 23.3. The first kappa shape index (κ1) is 21.4. The summed E-state index contributed by atoms with van der Waals surface area (Å²) in [6.45, 7) is 8.91. The maximum atomic E-state index is 3.69. The van der Waals surface area contributed by atoms with Gasteiger partial charge in [-0.15, -0.1) is 0 Å². The molecule has 33 heavy (non-hydrogen) atoms. The molecule has 2 N–H and O–H groups in total. The molecule has 0 radical (unpaired) electrons. The van der Waals surface area contributed by atoms with Crippen molar-refractivity contribution in [2.75, 3.05) is 19.0 Å². The number of hydrogen-bond donors (Lipinski definition) is 2. The van der Waals surface area contributed by atoms with Crippen molar-refractivity contribution in [3.05, 3.63) is 77.1 Å². The number of aromatic amines is 2. The highest BCUT2D eigenvalue weighted by molar-refractivity contribution is 6.10. The van der Waals surface area contributed by atoms with Crippen LogP contribution in [0.15, 0.2) is 54.6 Å². The summed E-state index contributed by atoms with van der Waals surface area (Å²) in [6, 6.07) is 20.0. The second-order valence-corrected chi connectivity index (χ2v) is 9.23. The van der Waals surface area contributed by atoms with Gasteiger partial charge in [0, 0.05) is 69.7 Å². The Balaban J connectivity index is 1.96. The van der Waals surface area contributed by atoms with Crippen LogP contribution >= 0.6 is 0 Å². The molecule has 0 saturated carbocycles. The minimum Gasteiger partial charge on any atom is -0.377 e. The van der Waals surface area contributed by atoms with Crippen molar-refractivity contribution in [2.24, 2.45) is 0 Å². The van der Waals surface area contributed by atoms with Gasteiger partial charge in [-0.3, -0.25) is 0 Å². The average Bonchev–Trinajstić information content (AvgIpc) is 3.33. The van der Waals surface area contributed by atoms with Gasteiger partial charge < -0.3 is 14.9 Å². The molecule has 3 heteroatoms. The van der Waals surface area contributed by atoms with Crippen LogP contribution in [0.2, 0.25) is 0 Å². The summed E-state index contributed by atoms with van der Waals surface area (Å²) >= 11 is 0. The first-order valence-electron chi connectivity index (χ1n) is 12.0. The van der Waals surface area contributed by atoms with Crippen LogP contribution in [0.4, 0.5) is 5.69 Å². The van der Waals surface area contributed by atoms with Gasteiger partial charge in [-0.25, -0.2) is 0 Å². The van der Waals surface area contributed by atoms with E-state index in [0.29, 0.717) is 0 Å². The summed E-state index contributed by atoms with van der Waals surface area (Å²) in [6.07, 6.45) is 2.02. The van der Waals surface area contributed by atoms with Gasteiger partial charge in [-0.2, -0.15) is 0 Å². The Kier molecular flexibility index (Phi) is 5.28. The molecule has 5 aromatic rings. The Labute approximate surface area is 196 Å². The molecule has 3 nitrogen and oxygen atoms in total. The van der Waals surface area contributed by atoms with E-state index in [9.17, 15) is 0 Å². The summed E-state index contributed by atoms with van der Waals surface area (Å²) < 4.78 is 0. The van der Waals surface area contributed by atoms with Gasteiger partial charge in [0.1, 0.15) is 0 Å². The van der Waals surface area contributed by atoms with Crippen molar-refractivity contribution >= 4 is 27.5 Å². The summed E-state index contributed by atoms with van der Waals surface area (Å²) in [5.41, 5.74) is 14.1. The Hall–Kier alpha value is -3.46. The second kappa shape index (κ2) is 8.15. The lowest BCUT2D eigenvalue weighted by atomic mass is 9.87. The minimum atomic E-state index is 1.01. The zero-order valence-electron chi connectivity index (χ0n) is 20.6. The van der Waals surface area contributed by atoms with Gasteiger partial charge in [0.2, 0.25) is 0 Å². The lowest BCUT2D eigenvalue weighted by molar-refractivity contribution is 1.13. The number of nitrogens with zero attached hydrogens (tertiary/aromatic N) is 1. The van der Waals surface area contributed by atoms with Gasteiger partial charge >= 0.3 is 0 Å². The van der Waals surface area contributed by atoms with Crippen LogP contribution in [0.1, 0.15) is 36.4 Å². The van der Waals surface area contributed by atoms with Gasteiger partial charge in [0.15, 0.2) is 0 Å². The van der Waals surface area contributed by atoms with Crippen LogP contribution in [0.25, 0.3) is 44.1 Å². The summed E-state index contributed by atoms with van der Waals surface area (Å²) in [5.74, 6) is 0. The predicted octanol–water partition coefficient (Wildman–Crippen LogP) is 7.79. The minimum absolute atomic E-state index is 1.01. The van der Waals surface area contributed by atoms with Gasteiger partial charge in [-0.05, 0) is 61.6 Å². The maximum Gasteiger partial charge on any atom is 0.0465 e. The highest BCUT2D eigenvalue weighted by Gasteiger charge is 2.24. The molecule has 0 aliphatic heterocycles. The molecule has 2 heterocycles. The van der Waals surface area contributed by atoms with Crippen LogP contribution in [0, 0.1) is 13.8 Å². The molecule has 0 unspecified atom stereocenters. The lowest BCUT2D eigenvalue weighted by Crippen LogP contribution is -2.11. The van der Waals surface area contributed by atoms with E-state index in [2.05, 4.69) is 111 Å². The Morgan fingerprint density at radius 1 is 0.636 bits per heavy atom.